The Morgan fingerprint density at radius 1 is 1.33 bits per heavy atom. The fourth-order valence-corrected chi connectivity index (χ4v) is 3.98. The molecule has 24 heavy (non-hydrogen) atoms. The molecule has 0 N–H and O–H groups in total. The minimum absolute atomic E-state index is 0.0512. The Bertz CT molecular complexity index is 726. The second-order valence-corrected chi connectivity index (χ2v) is 13.2. The van der Waals surface area contributed by atoms with Crippen LogP contribution >= 0.6 is 11.6 Å². The zero-order valence-corrected chi connectivity index (χ0v) is 16.8. The van der Waals surface area contributed by atoms with Crippen LogP contribution in [0.4, 0.5) is 0 Å². The van der Waals surface area contributed by atoms with E-state index in [-0.39, 0.29) is 17.4 Å². The van der Waals surface area contributed by atoms with E-state index in [4.69, 9.17) is 20.8 Å². The molecule has 7 heteroatoms. The third-order valence-electron chi connectivity index (χ3n) is 5.27. The number of rotatable bonds is 4. The molecule has 3 heterocycles. The number of pyridine rings is 1. The maximum absolute atomic E-state index is 6.31. The molecule has 1 fully saturated rings. The number of hydrogen-bond donors (Lipinski definition) is 0. The Labute approximate surface area is 149 Å². The summed E-state index contributed by atoms with van der Waals surface area (Å²) in [6, 6.07) is 1.87. The van der Waals surface area contributed by atoms with Gasteiger partial charge in [-0.1, -0.05) is 32.4 Å². The van der Waals surface area contributed by atoms with Crippen LogP contribution in [0.5, 0.6) is 0 Å². The molecular weight excluding hydrogens is 342 g/mol. The van der Waals surface area contributed by atoms with Crippen molar-refractivity contribution in [3.8, 4) is 0 Å². The third kappa shape index (κ3) is 3.38. The van der Waals surface area contributed by atoms with Crippen LogP contribution < -0.4 is 0 Å². The van der Waals surface area contributed by atoms with E-state index in [1.165, 1.54) is 0 Å². The van der Waals surface area contributed by atoms with Gasteiger partial charge in [0.15, 0.2) is 13.5 Å². The molecular formula is C17H26ClN3O2Si. The molecule has 1 aliphatic heterocycles. The van der Waals surface area contributed by atoms with Crippen molar-refractivity contribution in [3.63, 3.8) is 0 Å². The molecule has 0 spiro atoms. The van der Waals surface area contributed by atoms with Crippen LogP contribution in [0.1, 0.15) is 39.8 Å². The maximum atomic E-state index is 6.31. The van der Waals surface area contributed by atoms with Gasteiger partial charge >= 0.3 is 0 Å². The van der Waals surface area contributed by atoms with Gasteiger partial charge in [-0.15, -0.1) is 0 Å². The van der Waals surface area contributed by atoms with Gasteiger partial charge in [-0.25, -0.2) is 9.97 Å². The molecule has 5 nitrogen and oxygen atoms in total. The monoisotopic (exact) mass is 367 g/mol. The molecule has 0 saturated carbocycles. The molecule has 2 aromatic heterocycles. The predicted octanol–water partition coefficient (Wildman–Crippen LogP) is 4.78. The normalized spacial score (nSPS) is 22.4. The van der Waals surface area contributed by atoms with E-state index in [1.807, 2.05) is 10.6 Å². The Morgan fingerprint density at radius 2 is 2.08 bits per heavy atom. The first kappa shape index (κ1) is 17.9. The minimum Gasteiger partial charge on any atom is -0.414 e. The van der Waals surface area contributed by atoms with Crippen LogP contribution in [0.3, 0.4) is 0 Å². The lowest BCUT2D eigenvalue weighted by Gasteiger charge is -2.36. The highest BCUT2D eigenvalue weighted by Crippen LogP contribution is 2.38. The van der Waals surface area contributed by atoms with Gasteiger partial charge in [0, 0.05) is 6.20 Å². The number of ether oxygens (including phenoxy) is 1. The second-order valence-electron chi connectivity index (χ2n) is 7.98. The van der Waals surface area contributed by atoms with E-state index < -0.39 is 8.32 Å². The maximum Gasteiger partial charge on any atom is 0.192 e. The molecule has 0 amide bonds. The minimum atomic E-state index is -1.74. The lowest BCUT2D eigenvalue weighted by atomic mass is 10.2. The van der Waals surface area contributed by atoms with Gasteiger partial charge in [-0.2, -0.15) is 0 Å². The van der Waals surface area contributed by atoms with Crippen molar-refractivity contribution in [2.75, 3.05) is 6.61 Å². The number of imidazole rings is 1. The summed E-state index contributed by atoms with van der Waals surface area (Å²) in [4.78, 5) is 8.56. The first-order valence-corrected chi connectivity index (χ1v) is 11.7. The first-order valence-electron chi connectivity index (χ1n) is 8.45. The van der Waals surface area contributed by atoms with Gasteiger partial charge in [0.05, 0.1) is 24.6 Å². The summed E-state index contributed by atoms with van der Waals surface area (Å²) in [6.07, 6.45) is 5.45. The molecule has 2 atom stereocenters. The predicted molar refractivity (Wildman–Crippen MR) is 98.8 cm³/mol. The molecule has 0 aromatic carbocycles. The first-order chi connectivity index (χ1) is 11.2. The van der Waals surface area contributed by atoms with Crippen LogP contribution in [0, 0.1) is 0 Å². The van der Waals surface area contributed by atoms with Crippen molar-refractivity contribution < 1.29 is 9.16 Å². The lowest BCUT2D eigenvalue weighted by Crippen LogP contribution is -2.42. The van der Waals surface area contributed by atoms with Gasteiger partial charge < -0.3 is 13.7 Å². The van der Waals surface area contributed by atoms with Crippen LogP contribution in [-0.4, -0.2) is 35.6 Å². The molecule has 0 bridgehead atoms. The van der Waals surface area contributed by atoms with Crippen molar-refractivity contribution in [1.29, 1.82) is 0 Å². The van der Waals surface area contributed by atoms with E-state index in [2.05, 4.69) is 43.8 Å². The van der Waals surface area contributed by atoms with Crippen molar-refractivity contribution in [1.82, 2.24) is 14.5 Å². The summed E-state index contributed by atoms with van der Waals surface area (Å²) in [5.74, 6) is 0. The molecule has 3 rings (SSSR count). The topological polar surface area (TPSA) is 49.2 Å². The van der Waals surface area contributed by atoms with Crippen LogP contribution in [-0.2, 0) is 9.16 Å². The number of fused-ring (bicyclic) bond motifs is 1. The van der Waals surface area contributed by atoms with E-state index in [0.717, 1.165) is 23.9 Å². The molecule has 132 valence electrons. The average molecular weight is 368 g/mol. The van der Waals surface area contributed by atoms with Gasteiger partial charge in [-0.3, -0.25) is 0 Å². The summed E-state index contributed by atoms with van der Waals surface area (Å²) in [5.41, 5.74) is 1.69. The van der Waals surface area contributed by atoms with Crippen LogP contribution in [0.15, 0.2) is 18.6 Å². The summed E-state index contributed by atoms with van der Waals surface area (Å²) in [6.45, 7) is 12.0. The summed E-state index contributed by atoms with van der Waals surface area (Å²) in [7, 11) is -1.74. The molecule has 0 unspecified atom stereocenters. The van der Waals surface area contributed by atoms with Crippen LogP contribution in [0.25, 0.3) is 11.0 Å². The highest BCUT2D eigenvalue weighted by molar-refractivity contribution is 6.74. The van der Waals surface area contributed by atoms with Crippen molar-refractivity contribution in [2.45, 2.75) is 64.1 Å². The molecule has 0 radical (unpaired) electrons. The Hall–Kier alpha value is -0.953. The second kappa shape index (κ2) is 6.41. The summed E-state index contributed by atoms with van der Waals surface area (Å²) >= 11 is 6.24. The van der Waals surface area contributed by atoms with Gasteiger partial charge in [0.1, 0.15) is 11.7 Å². The Morgan fingerprint density at radius 3 is 2.79 bits per heavy atom. The van der Waals surface area contributed by atoms with Crippen molar-refractivity contribution >= 4 is 31.0 Å². The number of aromatic nitrogens is 3. The fraction of sp³-hybridized carbons (Fsp3) is 0.647. The number of nitrogens with zero attached hydrogens (tertiary/aromatic N) is 3. The number of halogens is 1. The zero-order valence-electron chi connectivity index (χ0n) is 15.0. The van der Waals surface area contributed by atoms with Gasteiger partial charge in [0.2, 0.25) is 0 Å². The molecule has 2 aromatic rings. The quantitative estimate of drug-likeness (QED) is 0.576. The standard InChI is InChI=1S/C17H26ClN3O2Si/c1-17(2,3)24(4,5)22-10-12-6-7-14(23-12)21-11-20-13-8-9-19-16(18)15(13)21/h8-9,11-12,14H,6-7,10H2,1-5H3/t12-,14-/m0/s1. The average Bonchev–Trinajstić information content (AvgIpc) is 3.11. The third-order valence-corrected chi connectivity index (χ3v) is 10.0. The smallest absolute Gasteiger partial charge is 0.192 e. The Kier molecular flexibility index (Phi) is 4.77. The zero-order chi connectivity index (χ0) is 17.5. The van der Waals surface area contributed by atoms with Crippen molar-refractivity contribution in [3.05, 3.63) is 23.7 Å². The highest BCUT2D eigenvalue weighted by atomic mass is 35.5. The summed E-state index contributed by atoms with van der Waals surface area (Å²) in [5, 5.41) is 0.680. The fourth-order valence-electron chi connectivity index (χ4n) is 2.69. The van der Waals surface area contributed by atoms with Gasteiger partial charge in [-0.05, 0) is 37.0 Å². The lowest BCUT2D eigenvalue weighted by molar-refractivity contribution is -0.0179. The van der Waals surface area contributed by atoms with Gasteiger partial charge in [0.25, 0.3) is 0 Å². The van der Waals surface area contributed by atoms with E-state index in [9.17, 15) is 0 Å². The SMILES string of the molecule is CC(C)(C)[Si](C)(C)OC[C@@H]1CC[C@@H](n2cnc3ccnc(Cl)c32)O1. The molecule has 1 saturated heterocycles. The van der Waals surface area contributed by atoms with E-state index in [0.29, 0.717) is 11.8 Å². The van der Waals surface area contributed by atoms with E-state index in [1.54, 1.807) is 12.5 Å². The highest BCUT2D eigenvalue weighted by Gasteiger charge is 2.38. The van der Waals surface area contributed by atoms with Crippen molar-refractivity contribution in [2.24, 2.45) is 0 Å². The molecule has 0 aliphatic carbocycles. The van der Waals surface area contributed by atoms with Crippen LogP contribution in [0.2, 0.25) is 23.3 Å². The number of hydrogen-bond acceptors (Lipinski definition) is 4. The largest absolute Gasteiger partial charge is 0.414 e. The van der Waals surface area contributed by atoms with E-state index >= 15 is 0 Å². The summed E-state index contributed by atoms with van der Waals surface area (Å²) < 4.78 is 14.5. The Balaban J connectivity index is 1.67. The molecule has 1 aliphatic rings.